The first-order valence-corrected chi connectivity index (χ1v) is 7.08. The molecule has 0 aliphatic heterocycles. The summed E-state index contributed by atoms with van der Waals surface area (Å²) >= 11 is 0. The second kappa shape index (κ2) is 6.58. The van der Waals surface area contributed by atoms with Crippen LogP contribution in [0.2, 0.25) is 0 Å². The topological polar surface area (TPSA) is 37.3 Å². The lowest BCUT2D eigenvalue weighted by molar-refractivity contribution is 0.0697. The van der Waals surface area contributed by atoms with Crippen LogP contribution in [0.25, 0.3) is 0 Å². The molecule has 18 heavy (non-hydrogen) atoms. The van der Waals surface area contributed by atoms with Crippen molar-refractivity contribution in [2.75, 3.05) is 0 Å². The molecule has 0 bridgehead atoms. The van der Waals surface area contributed by atoms with Crippen molar-refractivity contribution in [1.29, 1.82) is 0 Å². The minimum Gasteiger partial charge on any atom is -0.478 e. The van der Waals surface area contributed by atoms with E-state index in [1.54, 1.807) is 12.1 Å². The molecule has 0 saturated heterocycles. The van der Waals surface area contributed by atoms with Gasteiger partial charge in [-0.25, -0.2) is 4.79 Å². The summed E-state index contributed by atoms with van der Waals surface area (Å²) in [6.07, 6.45) is 10.7. The maximum atomic E-state index is 10.8. The molecule has 1 aromatic carbocycles. The van der Waals surface area contributed by atoms with E-state index in [0.717, 1.165) is 12.3 Å². The summed E-state index contributed by atoms with van der Waals surface area (Å²) in [6, 6.07) is 7.39. The molecule has 0 atom stereocenters. The monoisotopic (exact) mass is 246 g/mol. The molecule has 1 aromatic rings. The first-order valence-electron chi connectivity index (χ1n) is 7.08. The van der Waals surface area contributed by atoms with Gasteiger partial charge in [0.15, 0.2) is 0 Å². The van der Waals surface area contributed by atoms with Crippen LogP contribution >= 0.6 is 0 Å². The summed E-state index contributed by atoms with van der Waals surface area (Å²) in [5, 5.41) is 8.87. The van der Waals surface area contributed by atoms with Gasteiger partial charge >= 0.3 is 5.97 Å². The minimum atomic E-state index is -0.840. The van der Waals surface area contributed by atoms with Gasteiger partial charge in [-0.2, -0.15) is 0 Å². The molecule has 1 aliphatic carbocycles. The van der Waals surface area contributed by atoms with Gasteiger partial charge < -0.3 is 5.11 Å². The predicted molar refractivity (Wildman–Crippen MR) is 72.9 cm³/mol. The molecule has 0 amide bonds. The van der Waals surface area contributed by atoms with Crippen molar-refractivity contribution in [3.63, 3.8) is 0 Å². The highest BCUT2D eigenvalue weighted by molar-refractivity contribution is 5.87. The largest absolute Gasteiger partial charge is 0.478 e. The fraction of sp³-hybridized carbons (Fsp3) is 0.562. The third-order valence-corrected chi connectivity index (χ3v) is 3.95. The molecule has 1 N–H and O–H groups in total. The Morgan fingerprint density at radius 2 is 1.56 bits per heavy atom. The van der Waals surface area contributed by atoms with E-state index >= 15 is 0 Å². The van der Waals surface area contributed by atoms with Crippen LogP contribution in [0, 0.1) is 5.92 Å². The van der Waals surface area contributed by atoms with Crippen LogP contribution in [-0.2, 0) is 6.42 Å². The van der Waals surface area contributed by atoms with E-state index in [0.29, 0.717) is 5.56 Å². The first-order chi connectivity index (χ1) is 8.75. The maximum absolute atomic E-state index is 10.8. The molecular formula is C16H22O2. The van der Waals surface area contributed by atoms with E-state index in [4.69, 9.17) is 5.11 Å². The fourth-order valence-electron chi connectivity index (χ4n) is 2.86. The number of rotatable bonds is 3. The minimum absolute atomic E-state index is 0.386. The Bertz CT molecular complexity index is 373. The summed E-state index contributed by atoms with van der Waals surface area (Å²) in [5.41, 5.74) is 1.67. The van der Waals surface area contributed by atoms with Crippen LogP contribution in [-0.4, -0.2) is 11.1 Å². The highest BCUT2D eigenvalue weighted by Gasteiger charge is 2.12. The third kappa shape index (κ3) is 3.86. The Kier molecular flexibility index (Phi) is 4.80. The van der Waals surface area contributed by atoms with E-state index in [1.165, 1.54) is 50.5 Å². The van der Waals surface area contributed by atoms with Crippen molar-refractivity contribution in [2.45, 2.75) is 51.4 Å². The van der Waals surface area contributed by atoms with Gasteiger partial charge in [-0.15, -0.1) is 0 Å². The number of carboxylic acids is 1. The second-order valence-corrected chi connectivity index (χ2v) is 5.42. The number of carboxylic acid groups (broad SMARTS) is 1. The molecule has 1 fully saturated rings. The van der Waals surface area contributed by atoms with Gasteiger partial charge in [0.1, 0.15) is 0 Å². The van der Waals surface area contributed by atoms with Crippen molar-refractivity contribution < 1.29 is 9.90 Å². The Morgan fingerprint density at radius 1 is 1.00 bits per heavy atom. The summed E-state index contributed by atoms with van der Waals surface area (Å²) in [4.78, 5) is 10.8. The number of hydrogen-bond acceptors (Lipinski definition) is 1. The molecule has 0 radical (unpaired) electrons. The number of benzene rings is 1. The average molecular weight is 246 g/mol. The van der Waals surface area contributed by atoms with Crippen LogP contribution in [0.5, 0.6) is 0 Å². The molecular weight excluding hydrogens is 224 g/mol. The lowest BCUT2D eigenvalue weighted by Crippen LogP contribution is -2.07. The average Bonchev–Trinajstić information content (AvgIpc) is 2.33. The molecule has 0 spiro atoms. The van der Waals surface area contributed by atoms with E-state index < -0.39 is 5.97 Å². The zero-order valence-electron chi connectivity index (χ0n) is 10.9. The van der Waals surface area contributed by atoms with Crippen LogP contribution in [0.3, 0.4) is 0 Å². The van der Waals surface area contributed by atoms with Crippen LogP contribution in [0.1, 0.15) is 60.9 Å². The molecule has 98 valence electrons. The van der Waals surface area contributed by atoms with E-state index in [2.05, 4.69) is 0 Å². The van der Waals surface area contributed by atoms with Gasteiger partial charge in [0, 0.05) is 0 Å². The van der Waals surface area contributed by atoms with Gasteiger partial charge in [-0.1, -0.05) is 57.1 Å². The molecule has 1 saturated carbocycles. The summed E-state index contributed by atoms with van der Waals surface area (Å²) in [6.45, 7) is 0. The SMILES string of the molecule is O=C(O)c1ccc(CC2CCCCCCC2)cc1. The summed E-state index contributed by atoms with van der Waals surface area (Å²) in [5.74, 6) is -0.0477. The fourth-order valence-corrected chi connectivity index (χ4v) is 2.86. The summed E-state index contributed by atoms with van der Waals surface area (Å²) < 4.78 is 0. The van der Waals surface area contributed by atoms with E-state index in [9.17, 15) is 4.79 Å². The Labute approximate surface area is 109 Å². The summed E-state index contributed by atoms with van der Waals surface area (Å²) in [7, 11) is 0. The highest BCUT2D eigenvalue weighted by atomic mass is 16.4. The Balaban J connectivity index is 1.92. The molecule has 1 aliphatic rings. The molecule has 2 nitrogen and oxygen atoms in total. The van der Waals surface area contributed by atoms with Crippen molar-refractivity contribution in [1.82, 2.24) is 0 Å². The van der Waals surface area contributed by atoms with Crippen molar-refractivity contribution in [3.8, 4) is 0 Å². The quantitative estimate of drug-likeness (QED) is 0.864. The maximum Gasteiger partial charge on any atom is 0.335 e. The zero-order chi connectivity index (χ0) is 12.8. The molecule has 0 aromatic heterocycles. The second-order valence-electron chi connectivity index (χ2n) is 5.42. The van der Waals surface area contributed by atoms with E-state index in [1.807, 2.05) is 12.1 Å². The Morgan fingerprint density at radius 3 is 2.11 bits per heavy atom. The van der Waals surface area contributed by atoms with Crippen molar-refractivity contribution in [2.24, 2.45) is 5.92 Å². The standard InChI is InChI=1S/C16H22O2/c17-16(18)15-10-8-14(9-11-15)12-13-6-4-2-1-3-5-7-13/h8-11,13H,1-7,12H2,(H,17,18). The normalized spacial score (nSPS) is 18.0. The zero-order valence-corrected chi connectivity index (χ0v) is 10.9. The third-order valence-electron chi connectivity index (χ3n) is 3.95. The van der Waals surface area contributed by atoms with Gasteiger partial charge in [0.25, 0.3) is 0 Å². The van der Waals surface area contributed by atoms with E-state index in [-0.39, 0.29) is 0 Å². The van der Waals surface area contributed by atoms with Gasteiger partial charge in [0.05, 0.1) is 5.56 Å². The number of hydrogen-bond donors (Lipinski definition) is 1. The van der Waals surface area contributed by atoms with Gasteiger partial charge in [-0.3, -0.25) is 0 Å². The van der Waals surface area contributed by atoms with Crippen molar-refractivity contribution >= 4 is 5.97 Å². The van der Waals surface area contributed by atoms with Gasteiger partial charge in [0.2, 0.25) is 0 Å². The number of aromatic carboxylic acids is 1. The molecule has 2 heteroatoms. The highest BCUT2D eigenvalue weighted by Crippen LogP contribution is 2.25. The predicted octanol–water partition coefficient (Wildman–Crippen LogP) is 4.29. The van der Waals surface area contributed by atoms with Crippen LogP contribution in [0.4, 0.5) is 0 Å². The van der Waals surface area contributed by atoms with Crippen molar-refractivity contribution in [3.05, 3.63) is 35.4 Å². The molecule has 0 heterocycles. The van der Waals surface area contributed by atoms with Gasteiger partial charge in [-0.05, 0) is 30.0 Å². The molecule has 2 rings (SSSR count). The lowest BCUT2D eigenvalue weighted by Gasteiger charge is -2.19. The first kappa shape index (κ1) is 13.1. The molecule has 0 unspecified atom stereocenters. The Hall–Kier alpha value is -1.31. The smallest absolute Gasteiger partial charge is 0.335 e. The van der Waals surface area contributed by atoms with Crippen LogP contribution in [0.15, 0.2) is 24.3 Å². The number of carbonyl (C=O) groups is 1. The van der Waals surface area contributed by atoms with Crippen LogP contribution < -0.4 is 0 Å². The lowest BCUT2D eigenvalue weighted by atomic mass is 9.86.